The van der Waals surface area contributed by atoms with Crippen LogP contribution in [0.2, 0.25) is 0 Å². The van der Waals surface area contributed by atoms with Crippen molar-refractivity contribution in [3.05, 3.63) is 164 Å². The molecule has 0 spiro atoms. The topological polar surface area (TPSA) is 51.8 Å². The van der Waals surface area contributed by atoms with Crippen LogP contribution in [0.15, 0.2) is 168 Å². The smallest absolute Gasteiger partial charge is 0.164 e. The van der Waals surface area contributed by atoms with Crippen LogP contribution in [0.4, 0.5) is 0 Å². The van der Waals surface area contributed by atoms with E-state index in [-0.39, 0.29) is 0 Å². The van der Waals surface area contributed by atoms with Gasteiger partial charge in [-0.25, -0.2) is 15.0 Å². The number of nitrogens with zero attached hydrogens (tertiary/aromatic N) is 3. The van der Waals surface area contributed by atoms with Crippen molar-refractivity contribution in [3.63, 3.8) is 0 Å². The molecule has 47 heavy (non-hydrogen) atoms. The van der Waals surface area contributed by atoms with Crippen molar-refractivity contribution in [2.24, 2.45) is 0 Å². The van der Waals surface area contributed by atoms with Gasteiger partial charge in [0.1, 0.15) is 11.2 Å². The molecule has 0 atom stereocenters. The summed E-state index contributed by atoms with van der Waals surface area (Å²) in [6.45, 7) is 0. The summed E-state index contributed by atoms with van der Waals surface area (Å²) >= 11 is 0. The van der Waals surface area contributed by atoms with Gasteiger partial charge < -0.3 is 4.42 Å². The van der Waals surface area contributed by atoms with Crippen molar-refractivity contribution in [2.45, 2.75) is 0 Å². The van der Waals surface area contributed by atoms with Gasteiger partial charge in [-0.1, -0.05) is 115 Å². The van der Waals surface area contributed by atoms with E-state index in [1.165, 1.54) is 5.39 Å². The average molecular weight is 602 g/mol. The van der Waals surface area contributed by atoms with Crippen LogP contribution in [-0.2, 0) is 0 Å². The van der Waals surface area contributed by atoms with E-state index < -0.39 is 0 Å². The fourth-order valence-corrected chi connectivity index (χ4v) is 6.31. The summed E-state index contributed by atoms with van der Waals surface area (Å²) in [6, 6.07) is 56.5. The Labute approximate surface area is 271 Å². The van der Waals surface area contributed by atoms with Gasteiger partial charge in [-0.3, -0.25) is 0 Å². The number of fused-ring (bicyclic) bond motifs is 4. The van der Waals surface area contributed by atoms with Gasteiger partial charge in [-0.05, 0) is 81.6 Å². The van der Waals surface area contributed by atoms with Crippen LogP contribution in [0, 0.1) is 0 Å². The minimum absolute atomic E-state index is 0.608. The average Bonchev–Trinajstić information content (AvgIpc) is 3.53. The van der Waals surface area contributed by atoms with Crippen molar-refractivity contribution in [3.8, 4) is 56.4 Å². The summed E-state index contributed by atoms with van der Waals surface area (Å²) in [6.07, 6.45) is 0. The van der Waals surface area contributed by atoms with E-state index in [0.29, 0.717) is 17.5 Å². The Morgan fingerprint density at radius 1 is 0.298 bits per heavy atom. The Balaban J connectivity index is 1.28. The monoisotopic (exact) mass is 601 g/mol. The molecule has 0 N–H and O–H groups in total. The SMILES string of the molecule is c1ccc(-c2cc(-c3ccccc3)cc(-c3nc(-c4ccc5ccccc5c4)nc(-c4ccc5oc6ccccc6c5c4)n3)c2)cc1. The van der Waals surface area contributed by atoms with E-state index in [1.54, 1.807) is 0 Å². The second-order valence-electron chi connectivity index (χ2n) is 11.7. The van der Waals surface area contributed by atoms with Crippen molar-refractivity contribution in [1.29, 1.82) is 0 Å². The zero-order valence-electron chi connectivity index (χ0n) is 25.3. The van der Waals surface area contributed by atoms with Crippen molar-refractivity contribution in [1.82, 2.24) is 15.0 Å². The van der Waals surface area contributed by atoms with E-state index in [1.807, 2.05) is 42.5 Å². The summed E-state index contributed by atoms with van der Waals surface area (Å²) in [5, 5.41) is 4.41. The summed E-state index contributed by atoms with van der Waals surface area (Å²) < 4.78 is 6.13. The molecule has 0 aliphatic heterocycles. The lowest BCUT2D eigenvalue weighted by molar-refractivity contribution is 0.669. The fraction of sp³-hybridized carbons (Fsp3) is 0. The van der Waals surface area contributed by atoms with Crippen LogP contribution in [0.1, 0.15) is 0 Å². The Kier molecular flexibility index (Phi) is 6.43. The molecule has 0 radical (unpaired) electrons. The molecule has 9 aromatic rings. The van der Waals surface area contributed by atoms with E-state index in [2.05, 4.69) is 121 Å². The molecule has 0 saturated carbocycles. The van der Waals surface area contributed by atoms with E-state index in [0.717, 1.165) is 66.3 Å². The molecule has 0 aliphatic rings. The Morgan fingerprint density at radius 3 is 1.51 bits per heavy atom. The third-order valence-corrected chi connectivity index (χ3v) is 8.68. The van der Waals surface area contributed by atoms with Gasteiger partial charge in [0.25, 0.3) is 0 Å². The summed E-state index contributed by atoms with van der Waals surface area (Å²) in [5.41, 5.74) is 8.92. The summed E-state index contributed by atoms with van der Waals surface area (Å²) in [5.74, 6) is 1.85. The van der Waals surface area contributed by atoms with Gasteiger partial charge in [0, 0.05) is 27.5 Å². The van der Waals surface area contributed by atoms with Gasteiger partial charge in [0.2, 0.25) is 0 Å². The standard InChI is InChI=1S/C43H27N3O/c1-3-11-28(12-4-1)34-24-35(29-13-5-2-6-14-29)26-36(25-34)43-45-41(32-20-19-30-15-7-8-16-31(30)23-32)44-42(46-43)33-21-22-40-38(27-33)37-17-9-10-18-39(37)47-40/h1-27H. The zero-order valence-corrected chi connectivity index (χ0v) is 25.3. The van der Waals surface area contributed by atoms with E-state index in [4.69, 9.17) is 19.4 Å². The molecule has 0 bridgehead atoms. The largest absolute Gasteiger partial charge is 0.456 e. The highest BCUT2D eigenvalue weighted by Gasteiger charge is 2.16. The van der Waals surface area contributed by atoms with Gasteiger partial charge in [0.05, 0.1) is 0 Å². The van der Waals surface area contributed by atoms with Crippen LogP contribution >= 0.6 is 0 Å². The van der Waals surface area contributed by atoms with Gasteiger partial charge in [-0.2, -0.15) is 0 Å². The molecule has 0 fully saturated rings. The predicted octanol–water partition coefficient (Wildman–Crippen LogP) is 11.3. The highest BCUT2D eigenvalue weighted by Crippen LogP contribution is 2.35. The number of aromatic nitrogens is 3. The molecule has 220 valence electrons. The van der Waals surface area contributed by atoms with E-state index in [9.17, 15) is 0 Å². The Bertz CT molecular complexity index is 2510. The molecule has 0 aliphatic carbocycles. The maximum Gasteiger partial charge on any atom is 0.164 e. The zero-order chi connectivity index (χ0) is 31.2. The maximum atomic E-state index is 6.13. The van der Waals surface area contributed by atoms with Gasteiger partial charge in [-0.15, -0.1) is 0 Å². The van der Waals surface area contributed by atoms with Crippen molar-refractivity contribution < 1.29 is 4.42 Å². The highest BCUT2D eigenvalue weighted by molar-refractivity contribution is 6.06. The van der Waals surface area contributed by atoms with Crippen LogP contribution in [0.5, 0.6) is 0 Å². The van der Waals surface area contributed by atoms with Crippen molar-refractivity contribution >= 4 is 32.7 Å². The number of benzene rings is 7. The molecule has 2 aromatic heterocycles. The predicted molar refractivity (Wildman–Crippen MR) is 192 cm³/mol. The lowest BCUT2D eigenvalue weighted by atomic mass is 9.96. The van der Waals surface area contributed by atoms with Gasteiger partial charge >= 0.3 is 0 Å². The summed E-state index contributed by atoms with van der Waals surface area (Å²) in [7, 11) is 0. The minimum atomic E-state index is 0.608. The molecule has 2 heterocycles. The van der Waals surface area contributed by atoms with Crippen LogP contribution in [0.3, 0.4) is 0 Å². The summed E-state index contributed by atoms with van der Waals surface area (Å²) in [4.78, 5) is 15.4. The normalized spacial score (nSPS) is 11.4. The molecule has 4 nitrogen and oxygen atoms in total. The second kappa shape index (κ2) is 11.2. The van der Waals surface area contributed by atoms with Crippen LogP contribution in [0.25, 0.3) is 89.1 Å². The lowest BCUT2D eigenvalue weighted by Gasteiger charge is -2.13. The van der Waals surface area contributed by atoms with E-state index >= 15 is 0 Å². The fourth-order valence-electron chi connectivity index (χ4n) is 6.31. The minimum Gasteiger partial charge on any atom is -0.456 e. The van der Waals surface area contributed by atoms with Gasteiger partial charge in [0.15, 0.2) is 17.5 Å². The molecular weight excluding hydrogens is 574 g/mol. The third kappa shape index (κ3) is 5.02. The van der Waals surface area contributed by atoms with Crippen molar-refractivity contribution in [2.75, 3.05) is 0 Å². The Morgan fingerprint density at radius 2 is 0.809 bits per heavy atom. The third-order valence-electron chi connectivity index (χ3n) is 8.68. The highest BCUT2D eigenvalue weighted by atomic mass is 16.3. The number of hydrogen-bond acceptors (Lipinski definition) is 4. The molecule has 0 amide bonds. The molecule has 9 rings (SSSR count). The number of furan rings is 1. The molecular formula is C43H27N3O. The Hall–Kier alpha value is -6.39. The first-order chi connectivity index (χ1) is 23.2. The number of hydrogen-bond donors (Lipinski definition) is 0. The second-order valence-corrected chi connectivity index (χ2v) is 11.7. The van der Waals surface area contributed by atoms with Crippen LogP contribution < -0.4 is 0 Å². The lowest BCUT2D eigenvalue weighted by Crippen LogP contribution is -2.00. The van der Waals surface area contributed by atoms with Crippen LogP contribution in [-0.4, -0.2) is 15.0 Å². The molecule has 0 saturated heterocycles. The quantitative estimate of drug-likeness (QED) is 0.197. The first kappa shape index (κ1) is 27.0. The maximum absolute atomic E-state index is 6.13. The molecule has 7 aromatic carbocycles. The first-order valence-electron chi connectivity index (χ1n) is 15.7. The first-order valence-corrected chi connectivity index (χ1v) is 15.7. The number of rotatable bonds is 5. The molecule has 4 heteroatoms. The number of para-hydroxylation sites is 1. The molecule has 0 unspecified atom stereocenters.